The lowest BCUT2D eigenvalue weighted by molar-refractivity contribution is -0.321. The number of aromatic nitrogens is 1. The van der Waals surface area contributed by atoms with Crippen LogP contribution in [0.15, 0.2) is 54.7 Å². The van der Waals surface area contributed by atoms with Gasteiger partial charge in [-0.2, -0.15) is 8.42 Å². The quantitative estimate of drug-likeness (QED) is 0.290. The molecule has 50 heavy (non-hydrogen) atoms. The minimum atomic E-state index is -3.67. The Kier molecular flexibility index (Phi) is 8.62. The number of ether oxygens (including phenoxy) is 1. The molecule has 3 aromatic rings. The summed E-state index contributed by atoms with van der Waals surface area (Å²) in [6.07, 6.45) is 5.84. The number of likely N-dealkylation sites (tertiary alicyclic amines) is 1. The molecule has 1 aromatic heterocycles. The van der Waals surface area contributed by atoms with Crippen LogP contribution in [0.3, 0.4) is 0 Å². The molecule has 5 heterocycles. The van der Waals surface area contributed by atoms with E-state index in [0.717, 1.165) is 17.5 Å². The lowest BCUT2D eigenvalue weighted by Gasteiger charge is -2.48. The van der Waals surface area contributed by atoms with Crippen molar-refractivity contribution in [3.05, 3.63) is 71.4 Å². The van der Waals surface area contributed by atoms with Gasteiger partial charge in [0.2, 0.25) is 17.5 Å². The highest BCUT2D eigenvalue weighted by molar-refractivity contribution is 7.85. The number of nitrogens with one attached hydrogen (secondary N) is 2. The summed E-state index contributed by atoms with van der Waals surface area (Å²) in [6, 6.07) is 14.5. The SMILES string of the molecule is CC(C)[C@@]1(NC(=O)[C@@H]2C[C@@H]3c4cccc5[nH]cc(c45)C[C@H]3N(C)C2)OC2(O)[C@@H]3CCCN3C(=O)[C@H](Cc3ccccc3)N2C1=O.CS(=O)(=O)O. The number of nitrogens with zero attached hydrogens (tertiary/aromatic N) is 3. The molecule has 0 radical (unpaired) electrons. The van der Waals surface area contributed by atoms with Gasteiger partial charge in [-0.1, -0.05) is 56.3 Å². The highest BCUT2D eigenvalue weighted by Crippen LogP contribution is 2.49. The first kappa shape index (κ1) is 34.6. The van der Waals surface area contributed by atoms with E-state index in [0.29, 0.717) is 38.6 Å². The van der Waals surface area contributed by atoms with Gasteiger partial charge < -0.3 is 25.2 Å². The normalized spacial score (nSPS) is 32.0. The zero-order valence-corrected chi connectivity index (χ0v) is 29.5. The number of aliphatic hydroxyl groups is 1. The average molecular weight is 708 g/mol. The topological polar surface area (TPSA) is 173 Å². The fourth-order valence-corrected chi connectivity index (χ4v) is 8.99. The third-order valence-corrected chi connectivity index (χ3v) is 11.2. The zero-order valence-electron chi connectivity index (χ0n) is 28.7. The Balaban J connectivity index is 0.000000734. The van der Waals surface area contributed by atoms with E-state index in [1.54, 1.807) is 4.90 Å². The summed E-state index contributed by atoms with van der Waals surface area (Å²) in [4.78, 5) is 51.4. The molecular formula is C36H45N5O8S. The van der Waals surface area contributed by atoms with Gasteiger partial charge in [-0.15, -0.1) is 0 Å². The molecule has 5 aliphatic rings. The fraction of sp³-hybridized carbons (Fsp3) is 0.528. The van der Waals surface area contributed by atoms with Gasteiger partial charge in [-0.3, -0.25) is 28.6 Å². The molecule has 4 aliphatic heterocycles. The molecule has 268 valence electrons. The number of rotatable bonds is 5. The van der Waals surface area contributed by atoms with Crippen molar-refractivity contribution in [2.75, 3.05) is 26.4 Å². The van der Waals surface area contributed by atoms with E-state index < -0.39 is 51.6 Å². The van der Waals surface area contributed by atoms with Gasteiger partial charge in [0.1, 0.15) is 12.1 Å². The minimum Gasteiger partial charge on any atom is -0.361 e. The molecule has 1 unspecified atom stereocenters. The second-order valence-corrected chi connectivity index (χ2v) is 16.2. The van der Waals surface area contributed by atoms with Gasteiger partial charge in [-0.05, 0) is 55.5 Å². The third-order valence-electron chi connectivity index (χ3n) is 11.2. The molecule has 0 spiro atoms. The monoisotopic (exact) mass is 707 g/mol. The third kappa shape index (κ3) is 5.70. The maximum Gasteiger partial charge on any atom is 0.281 e. The van der Waals surface area contributed by atoms with Crippen molar-refractivity contribution in [2.45, 2.75) is 81.6 Å². The molecule has 7 atom stereocenters. The van der Waals surface area contributed by atoms with Crippen LogP contribution in [-0.2, 0) is 42.1 Å². The van der Waals surface area contributed by atoms with Crippen LogP contribution in [0.2, 0.25) is 0 Å². The molecule has 14 heteroatoms. The van der Waals surface area contributed by atoms with Crippen LogP contribution in [0.25, 0.3) is 10.9 Å². The Hall–Kier alpha value is -3.82. The van der Waals surface area contributed by atoms with Crippen molar-refractivity contribution in [1.29, 1.82) is 0 Å². The standard InChI is InChI=1S/C35H41N5O5.CH4O3S/c1-20(2)34(37-31(41)23-16-25-24-11-7-12-26-30(24)22(18-36-26)17-27(25)38(3)19-23)33(43)40-28(15-21-9-5-4-6-10-21)32(42)39-14-8-13-29(39)35(40,44)45-34;1-5(2,3)4/h4-7,9-12,18,20,23,25,27-29,36,44H,8,13-17,19H2,1-3H3,(H,37,41);1H3,(H,2,3,4)/t23-,25-,27-,28+,29+,34-,35?;/m1./s1. The summed E-state index contributed by atoms with van der Waals surface area (Å²) in [5, 5.41) is 16.6. The molecule has 4 N–H and O–H groups in total. The Labute approximate surface area is 291 Å². The molecule has 4 fully saturated rings. The number of amides is 3. The first-order valence-corrected chi connectivity index (χ1v) is 19.1. The first-order valence-electron chi connectivity index (χ1n) is 17.3. The van der Waals surface area contributed by atoms with E-state index in [-0.39, 0.29) is 30.2 Å². The summed E-state index contributed by atoms with van der Waals surface area (Å²) < 4.78 is 32.4. The van der Waals surface area contributed by atoms with E-state index >= 15 is 0 Å². The summed E-state index contributed by atoms with van der Waals surface area (Å²) in [6.45, 7) is 4.68. The number of hydrogen-bond donors (Lipinski definition) is 4. The number of piperidine rings is 1. The van der Waals surface area contributed by atoms with Gasteiger partial charge in [0, 0.05) is 54.5 Å². The maximum absolute atomic E-state index is 14.6. The van der Waals surface area contributed by atoms with Gasteiger partial charge in [0.15, 0.2) is 0 Å². The number of carbonyl (C=O) groups is 3. The first-order chi connectivity index (χ1) is 23.6. The van der Waals surface area contributed by atoms with E-state index in [4.69, 9.17) is 9.29 Å². The zero-order chi connectivity index (χ0) is 35.7. The lowest BCUT2D eigenvalue weighted by atomic mass is 9.72. The van der Waals surface area contributed by atoms with Gasteiger partial charge >= 0.3 is 0 Å². The number of H-pyrrole nitrogens is 1. The maximum atomic E-state index is 14.6. The highest BCUT2D eigenvalue weighted by atomic mass is 32.2. The van der Waals surface area contributed by atoms with Crippen LogP contribution in [0.1, 0.15) is 55.7 Å². The summed E-state index contributed by atoms with van der Waals surface area (Å²) in [5.74, 6) is -3.80. The molecule has 2 aromatic carbocycles. The van der Waals surface area contributed by atoms with Crippen LogP contribution in [0, 0.1) is 11.8 Å². The Bertz CT molecular complexity index is 1930. The Morgan fingerprint density at radius 1 is 1.14 bits per heavy atom. The van der Waals surface area contributed by atoms with Crippen molar-refractivity contribution in [2.24, 2.45) is 11.8 Å². The van der Waals surface area contributed by atoms with Gasteiger partial charge in [0.05, 0.1) is 12.2 Å². The molecule has 13 nitrogen and oxygen atoms in total. The van der Waals surface area contributed by atoms with Crippen molar-refractivity contribution < 1.29 is 37.2 Å². The van der Waals surface area contributed by atoms with E-state index in [2.05, 4.69) is 46.6 Å². The number of piperazine rings is 1. The fourth-order valence-electron chi connectivity index (χ4n) is 8.99. The number of likely N-dealkylation sites (N-methyl/N-ethyl adjacent to an activating group) is 1. The predicted octanol–water partition coefficient (Wildman–Crippen LogP) is 2.22. The van der Waals surface area contributed by atoms with Gasteiger partial charge in [0.25, 0.3) is 21.9 Å². The van der Waals surface area contributed by atoms with Crippen molar-refractivity contribution >= 4 is 38.7 Å². The number of fused-ring (bicyclic) bond motifs is 5. The number of hydrogen-bond acceptors (Lipinski definition) is 8. The van der Waals surface area contributed by atoms with Gasteiger partial charge in [-0.25, -0.2) is 0 Å². The lowest BCUT2D eigenvalue weighted by Crippen LogP contribution is -2.71. The van der Waals surface area contributed by atoms with Crippen molar-refractivity contribution in [3.8, 4) is 0 Å². The van der Waals surface area contributed by atoms with Crippen LogP contribution in [0.5, 0.6) is 0 Å². The smallest absolute Gasteiger partial charge is 0.281 e. The van der Waals surface area contributed by atoms with Crippen LogP contribution < -0.4 is 5.32 Å². The summed E-state index contributed by atoms with van der Waals surface area (Å²) in [7, 11) is -1.60. The van der Waals surface area contributed by atoms with E-state index in [1.165, 1.54) is 21.4 Å². The minimum absolute atomic E-state index is 0.164. The van der Waals surface area contributed by atoms with Crippen LogP contribution in [0.4, 0.5) is 0 Å². The summed E-state index contributed by atoms with van der Waals surface area (Å²) >= 11 is 0. The van der Waals surface area contributed by atoms with Crippen LogP contribution in [-0.4, -0.2) is 112 Å². The van der Waals surface area contributed by atoms with Crippen molar-refractivity contribution in [1.82, 2.24) is 25.0 Å². The highest BCUT2D eigenvalue weighted by Gasteiger charge is 2.72. The molecule has 3 amide bonds. The molecular weight excluding hydrogens is 662 g/mol. The molecule has 8 rings (SSSR count). The second-order valence-electron chi connectivity index (χ2n) is 14.8. The molecule has 4 saturated heterocycles. The van der Waals surface area contributed by atoms with Crippen LogP contribution >= 0.6 is 0 Å². The Morgan fingerprint density at radius 2 is 1.86 bits per heavy atom. The number of aromatic amines is 1. The van der Waals surface area contributed by atoms with Crippen molar-refractivity contribution in [3.63, 3.8) is 0 Å². The molecule has 0 saturated carbocycles. The molecule has 1 aliphatic carbocycles. The predicted molar refractivity (Wildman–Crippen MR) is 184 cm³/mol. The van der Waals surface area contributed by atoms with E-state index in [1.807, 2.05) is 44.2 Å². The largest absolute Gasteiger partial charge is 0.361 e. The number of carbonyl (C=O) groups excluding carboxylic acids is 3. The van der Waals surface area contributed by atoms with E-state index in [9.17, 15) is 27.9 Å². The number of benzene rings is 2. The average Bonchev–Trinajstić information content (AvgIpc) is 3.77. The Morgan fingerprint density at radius 3 is 2.56 bits per heavy atom. The second kappa shape index (κ2) is 12.4. The molecule has 0 bridgehead atoms. The summed E-state index contributed by atoms with van der Waals surface area (Å²) in [5.41, 5.74) is 2.75.